The maximum absolute atomic E-state index is 12.5. The van der Waals surface area contributed by atoms with Crippen molar-refractivity contribution in [2.75, 3.05) is 26.7 Å². The lowest BCUT2D eigenvalue weighted by atomic mass is 10.2. The molecule has 116 valence electrons. The van der Waals surface area contributed by atoms with E-state index in [1.54, 1.807) is 24.1 Å². The summed E-state index contributed by atoms with van der Waals surface area (Å²) in [6.45, 7) is 3.54. The van der Waals surface area contributed by atoms with E-state index >= 15 is 0 Å². The second-order valence-corrected chi connectivity index (χ2v) is 7.86. The van der Waals surface area contributed by atoms with Crippen molar-refractivity contribution in [3.05, 3.63) is 28.2 Å². The van der Waals surface area contributed by atoms with Crippen LogP contribution in [0.15, 0.2) is 27.6 Å². The summed E-state index contributed by atoms with van der Waals surface area (Å²) in [5, 5.41) is 0. The lowest BCUT2D eigenvalue weighted by Crippen LogP contribution is -2.29. The molecular weight excluding hydrogens is 356 g/mol. The van der Waals surface area contributed by atoms with E-state index in [1.165, 1.54) is 10.4 Å². The summed E-state index contributed by atoms with van der Waals surface area (Å²) >= 11 is 3.32. The van der Waals surface area contributed by atoms with Crippen molar-refractivity contribution in [2.24, 2.45) is 0 Å². The maximum atomic E-state index is 12.5. The lowest BCUT2D eigenvalue weighted by molar-refractivity contribution is 0.0801. The minimum Gasteiger partial charge on any atom is -0.342 e. The van der Waals surface area contributed by atoms with Crippen LogP contribution >= 0.6 is 15.9 Å². The van der Waals surface area contributed by atoms with Crippen LogP contribution in [0.4, 0.5) is 0 Å². The van der Waals surface area contributed by atoms with Crippen LogP contribution < -0.4 is 0 Å². The van der Waals surface area contributed by atoms with Gasteiger partial charge in [-0.15, -0.1) is 0 Å². The summed E-state index contributed by atoms with van der Waals surface area (Å²) < 4.78 is 27.2. The fraction of sp³-hybridized carbons (Fsp3) is 0.500. The number of sulfonamides is 1. The van der Waals surface area contributed by atoms with Gasteiger partial charge in [-0.1, -0.05) is 0 Å². The third-order valence-electron chi connectivity index (χ3n) is 3.69. The maximum Gasteiger partial charge on any atom is 0.254 e. The number of carbonyl (C=O) groups is 1. The minimum atomic E-state index is -3.50. The number of hydrogen-bond acceptors (Lipinski definition) is 3. The van der Waals surface area contributed by atoms with Gasteiger partial charge in [0, 0.05) is 31.2 Å². The van der Waals surface area contributed by atoms with Crippen molar-refractivity contribution >= 4 is 31.9 Å². The molecule has 7 heteroatoms. The third kappa shape index (κ3) is 3.30. The monoisotopic (exact) mass is 374 g/mol. The molecule has 0 bridgehead atoms. The van der Waals surface area contributed by atoms with Crippen LogP contribution in [0.2, 0.25) is 0 Å². The molecule has 0 aliphatic carbocycles. The largest absolute Gasteiger partial charge is 0.342 e. The molecule has 0 radical (unpaired) electrons. The highest BCUT2D eigenvalue weighted by Crippen LogP contribution is 2.26. The Kier molecular flexibility index (Phi) is 5.06. The first-order valence-electron chi connectivity index (χ1n) is 6.93. The minimum absolute atomic E-state index is 0.181. The Hall–Kier alpha value is -0.920. The standard InChI is InChI=1S/C14H19BrN2O3S/c1-3-16(2)14(18)12-10-11(6-7-13(12)15)21(19,20)17-8-4-5-9-17/h6-7,10H,3-5,8-9H2,1-2H3. The van der Waals surface area contributed by atoms with Crippen LogP contribution in [0.5, 0.6) is 0 Å². The van der Waals surface area contributed by atoms with E-state index < -0.39 is 10.0 Å². The molecule has 2 rings (SSSR count). The fourth-order valence-corrected chi connectivity index (χ4v) is 4.22. The molecule has 21 heavy (non-hydrogen) atoms. The zero-order valence-electron chi connectivity index (χ0n) is 12.2. The van der Waals surface area contributed by atoms with Gasteiger partial charge >= 0.3 is 0 Å². The highest BCUT2D eigenvalue weighted by atomic mass is 79.9. The van der Waals surface area contributed by atoms with Crippen molar-refractivity contribution in [1.29, 1.82) is 0 Å². The van der Waals surface area contributed by atoms with Crippen LogP contribution in [0.3, 0.4) is 0 Å². The normalized spacial score (nSPS) is 16.1. The summed E-state index contributed by atoms with van der Waals surface area (Å²) in [6.07, 6.45) is 1.78. The van der Waals surface area contributed by atoms with Gasteiger partial charge in [-0.05, 0) is 53.9 Å². The molecular formula is C14H19BrN2O3S. The quantitative estimate of drug-likeness (QED) is 0.812. The molecule has 1 saturated heterocycles. The summed E-state index contributed by atoms with van der Waals surface area (Å²) in [6, 6.07) is 4.63. The van der Waals surface area contributed by atoms with Gasteiger partial charge in [-0.25, -0.2) is 8.42 Å². The molecule has 1 aromatic rings. The molecule has 1 aliphatic rings. The van der Waals surface area contributed by atoms with Gasteiger partial charge < -0.3 is 4.90 Å². The second-order valence-electron chi connectivity index (χ2n) is 5.07. The molecule has 1 heterocycles. The lowest BCUT2D eigenvalue weighted by Gasteiger charge is -2.18. The number of nitrogens with zero attached hydrogens (tertiary/aromatic N) is 2. The number of benzene rings is 1. The molecule has 0 atom stereocenters. The second kappa shape index (κ2) is 6.46. The molecule has 0 aromatic heterocycles. The molecule has 0 unspecified atom stereocenters. The number of hydrogen-bond donors (Lipinski definition) is 0. The Bertz CT molecular complexity index is 640. The summed E-state index contributed by atoms with van der Waals surface area (Å²) in [4.78, 5) is 14.0. The van der Waals surface area contributed by atoms with Gasteiger partial charge in [-0.3, -0.25) is 4.79 Å². The average molecular weight is 375 g/mol. The first kappa shape index (κ1) is 16.5. The first-order chi connectivity index (χ1) is 9.87. The van der Waals surface area contributed by atoms with E-state index in [-0.39, 0.29) is 10.8 Å². The number of halogens is 1. The third-order valence-corrected chi connectivity index (χ3v) is 6.28. The molecule has 1 amide bonds. The van der Waals surface area contributed by atoms with Gasteiger partial charge in [-0.2, -0.15) is 4.31 Å². The number of rotatable bonds is 4. The average Bonchev–Trinajstić information content (AvgIpc) is 3.01. The zero-order valence-corrected chi connectivity index (χ0v) is 14.6. The van der Waals surface area contributed by atoms with E-state index in [1.807, 2.05) is 6.92 Å². The molecule has 1 aromatic carbocycles. The van der Waals surface area contributed by atoms with E-state index in [0.29, 0.717) is 29.7 Å². The van der Waals surface area contributed by atoms with Crippen molar-refractivity contribution < 1.29 is 13.2 Å². The van der Waals surface area contributed by atoms with E-state index in [9.17, 15) is 13.2 Å². The topological polar surface area (TPSA) is 57.7 Å². The Morgan fingerprint density at radius 3 is 2.52 bits per heavy atom. The predicted octanol–water partition coefficient (Wildman–Crippen LogP) is 2.33. The highest BCUT2D eigenvalue weighted by Gasteiger charge is 2.28. The van der Waals surface area contributed by atoms with E-state index in [4.69, 9.17) is 0 Å². The van der Waals surface area contributed by atoms with Gasteiger partial charge in [0.1, 0.15) is 0 Å². The highest BCUT2D eigenvalue weighted by molar-refractivity contribution is 9.10. The SMILES string of the molecule is CCN(C)C(=O)c1cc(S(=O)(=O)N2CCCC2)ccc1Br. The summed E-state index contributed by atoms with van der Waals surface area (Å²) in [5.74, 6) is -0.192. The fourth-order valence-electron chi connectivity index (χ4n) is 2.26. The van der Waals surface area contributed by atoms with Crippen molar-refractivity contribution in [1.82, 2.24) is 9.21 Å². The van der Waals surface area contributed by atoms with Crippen molar-refractivity contribution in [2.45, 2.75) is 24.7 Å². The molecule has 5 nitrogen and oxygen atoms in total. The molecule has 0 spiro atoms. The smallest absolute Gasteiger partial charge is 0.254 e. The summed E-state index contributed by atoms with van der Waals surface area (Å²) in [5.41, 5.74) is 0.375. The van der Waals surface area contributed by atoms with Gasteiger partial charge in [0.05, 0.1) is 10.5 Å². The predicted molar refractivity (Wildman–Crippen MR) is 84.8 cm³/mol. The zero-order chi connectivity index (χ0) is 15.6. The Balaban J connectivity index is 2.41. The first-order valence-corrected chi connectivity index (χ1v) is 9.16. The van der Waals surface area contributed by atoms with Gasteiger partial charge in [0.15, 0.2) is 0 Å². The number of amides is 1. The van der Waals surface area contributed by atoms with Gasteiger partial charge in [0.25, 0.3) is 5.91 Å². The molecule has 1 aliphatic heterocycles. The number of carbonyl (C=O) groups excluding carboxylic acids is 1. The molecule has 1 fully saturated rings. The Morgan fingerprint density at radius 1 is 1.33 bits per heavy atom. The van der Waals surface area contributed by atoms with Crippen molar-refractivity contribution in [3.63, 3.8) is 0 Å². The van der Waals surface area contributed by atoms with Crippen LogP contribution in [-0.4, -0.2) is 50.2 Å². The van der Waals surface area contributed by atoms with Crippen molar-refractivity contribution in [3.8, 4) is 0 Å². The van der Waals surface area contributed by atoms with Gasteiger partial charge in [0.2, 0.25) is 10.0 Å². The van der Waals surface area contributed by atoms with Crippen LogP contribution in [0, 0.1) is 0 Å². The molecule has 0 N–H and O–H groups in total. The Morgan fingerprint density at radius 2 is 1.95 bits per heavy atom. The Labute approximate surface area is 134 Å². The van der Waals surface area contributed by atoms with Crippen LogP contribution in [0.1, 0.15) is 30.1 Å². The van der Waals surface area contributed by atoms with Crippen LogP contribution in [0.25, 0.3) is 0 Å². The van der Waals surface area contributed by atoms with E-state index in [2.05, 4.69) is 15.9 Å². The van der Waals surface area contributed by atoms with E-state index in [0.717, 1.165) is 12.8 Å². The van der Waals surface area contributed by atoms with Crippen LogP contribution in [-0.2, 0) is 10.0 Å². The molecule has 0 saturated carbocycles. The summed E-state index contributed by atoms with van der Waals surface area (Å²) in [7, 11) is -1.81.